The van der Waals surface area contributed by atoms with Crippen molar-refractivity contribution in [3.63, 3.8) is 0 Å². The number of halogens is 1. The van der Waals surface area contributed by atoms with Gasteiger partial charge in [-0.1, -0.05) is 37.3 Å². The van der Waals surface area contributed by atoms with Gasteiger partial charge in [0.1, 0.15) is 11.4 Å². The molecule has 31 heavy (non-hydrogen) atoms. The Bertz CT molecular complexity index is 1090. The predicted molar refractivity (Wildman–Crippen MR) is 116 cm³/mol. The van der Waals surface area contributed by atoms with Crippen molar-refractivity contribution in [2.45, 2.75) is 32.4 Å². The van der Waals surface area contributed by atoms with Crippen molar-refractivity contribution in [3.05, 3.63) is 65.5 Å². The van der Waals surface area contributed by atoms with Crippen LogP contribution in [0.4, 0.5) is 10.1 Å². The first-order chi connectivity index (χ1) is 14.6. The fourth-order valence-electron chi connectivity index (χ4n) is 3.78. The first kappa shape index (κ1) is 22.9. The third kappa shape index (κ3) is 4.77. The van der Waals surface area contributed by atoms with Crippen LogP contribution in [0, 0.1) is 5.82 Å². The van der Waals surface area contributed by atoms with E-state index in [0.29, 0.717) is 17.7 Å². The van der Waals surface area contributed by atoms with Crippen LogP contribution in [0.3, 0.4) is 0 Å². The lowest BCUT2D eigenvalue weighted by Crippen LogP contribution is -2.70. The normalized spacial score (nSPS) is 20.0. The van der Waals surface area contributed by atoms with E-state index in [4.69, 9.17) is 0 Å². The lowest BCUT2D eigenvalue weighted by Gasteiger charge is -2.47. The maximum absolute atomic E-state index is 13.4. The molecule has 9 heteroatoms. The van der Waals surface area contributed by atoms with Crippen molar-refractivity contribution in [2.75, 3.05) is 24.2 Å². The highest BCUT2D eigenvalue weighted by Crippen LogP contribution is 2.33. The molecule has 1 N–H and O–H groups in total. The third-order valence-electron chi connectivity index (χ3n) is 5.48. The number of piperazine rings is 1. The molecule has 1 atom stereocenters. The molecule has 0 aliphatic carbocycles. The van der Waals surface area contributed by atoms with Gasteiger partial charge in [0.2, 0.25) is 21.8 Å². The van der Waals surface area contributed by atoms with Gasteiger partial charge in [-0.15, -0.1) is 0 Å². The predicted octanol–water partition coefficient (Wildman–Crippen LogP) is 2.07. The molecule has 1 aliphatic heterocycles. The summed E-state index contributed by atoms with van der Waals surface area (Å²) in [5.74, 6) is -1.35. The number of sulfonamides is 1. The zero-order valence-corrected chi connectivity index (χ0v) is 18.6. The van der Waals surface area contributed by atoms with E-state index in [9.17, 15) is 22.4 Å². The molecule has 2 aromatic carbocycles. The molecule has 0 saturated carbocycles. The van der Waals surface area contributed by atoms with Crippen LogP contribution in [-0.4, -0.2) is 49.4 Å². The van der Waals surface area contributed by atoms with E-state index in [1.54, 1.807) is 31.2 Å². The summed E-state index contributed by atoms with van der Waals surface area (Å²) >= 11 is 0. The number of hydrogen-bond donors (Lipinski definition) is 1. The number of aryl methyl sites for hydroxylation is 1. The van der Waals surface area contributed by atoms with Crippen molar-refractivity contribution in [1.82, 2.24) is 9.62 Å². The number of nitrogens with one attached hydrogen (secondary N) is 1. The highest BCUT2D eigenvalue weighted by Gasteiger charge is 2.50. The maximum atomic E-state index is 13.4. The SMILES string of the molecule is CCc1ccccc1N1C(=O)CN(S(C)(=O)=O)CC1(C)C(=O)NCc1ccc(F)cc1. The molecule has 1 heterocycles. The molecule has 3 rings (SSSR count). The van der Waals surface area contributed by atoms with Gasteiger partial charge in [0, 0.05) is 18.8 Å². The van der Waals surface area contributed by atoms with Gasteiger partial charge in [0.15, 0.2) is 0 Å². The smallest absolute Gasteiger partial charge is 0.247 e. The van der Waals surface area contributed by atoms with Gasteiger partial charge in [-0.3, -0.25) is 14.5 Å². The van der Waals surface area contributed by atoms with Crippen LogP contribution in [0.1, 0.15) is 25.0 Å². The third-order valence-corrected chi connectivity index (χ3v) is 6.67. The van der Waals surface area contributed by atoms with Crippen LogP contribution in [0.15, 0.2) is 48.5 Å². The highest BCUT2D eigenvalue weighted by molar-refractivity contribution is 7.88. The summed E-state index contributed by atoms with van der Waals surface area (Å²) in [5, 5.41) is 2.78. The number of rotatable bonds is 6. The zero-order chi connectivity index (χ0) is 22.8. The molecule has 1 unspecified atom stereocenters. The standard InChI is InChI=1S/C22H26FN3O4S/c1-4-17-7-5-6-8-19(17)26-20(27)14-25(31(3,29)30)15-22(26,2)21(28)24-13-16-9-11-18(23)12-10-16/h5-12H,4,13-15H2,1-3H3,(H,24,28). The van der Waals surface area contributed by atoms with E-state index in [-0.39, 0.29) is 25.5 Å². The Labute approximate surface area is 181 Å². The number of anilines is 1. The average Bonchev–Trinajstić information content (AvgIpc) is 2.72. The number of hydrogen-bond acceptors (Lipinski definition) is 4. The number of benzene rings is 2. The summed E-state index contributed by atoms with van der Waals surface area (Å²) in [6.45, 7) is 3.12. The van der Waals surface area contributed by atoms with Crippen molar-refractivity contribution in [3.8, 4) is 0 Å². The Morgan fingerprint density at radius 2 is 1.81 bits per heavy atom. The number of nitrogens with zero attached hydrogens (tertiary/aromatic N) is 2. The number of carbonyl (C=O) groups excluding carboxylic acids is 2. The summed E-state index contributed by atoms with van der Waals surface area (Å²) in [6, 6.07) is 13.0. The lowest BCUT2D eigenvalue weighted by atomic mass is 9.93. The number of para-hydroxylation sites is 1. The van der Waals surface area contributed by atoms with Crippen molar-refractivity contribution in [1.29, 1.82) is 0 Å². The number of amides is 2. The molecule has 2 amide bonds. The summed E-state index contributed by atoms with van der Waals surface area (Å²) in [7, 11) is -3.69. The van der Waals surface area contributed by atoms with E-state index in [2.05, 4.69) is 5.32 Å². The fourth-order valence-corrected chi connectivity index (χ4v) is 4.61. The van der Waals surface area contributed by atoms with Gasteiger partial charge in [0.25, 0.3) is 0 Å². The zero-order valence-electron chi connectivity index (χ0n) is 17.8. The first-order valence-electron chi connectivity index (χ1n) is 9.95. The quantitative estimate of drug-likeness (QED) is 0.735. The van der Waals surface area contributed by atoms with Gasteiger partial charge >= 0.3 is 0 Å². The summed E-state index contributed by atoms with van der Waals surface area (Å²) in [4.78, 5) is 27.9. The van der Waals surface area contributed by atoms with Crippen molar-refractivity contribution < 1.29 is 22.4 Å². The van der Waals surface area contributed by atoms with E-state index in [1.165, 1.54) is 17.0 Å². The Hall–Kier alpha value is -2.78. The van der Waals surface area contributed by atoms with Crippen molar-refractivity contribution in [2.24, 2.45) is 0 Å². The Morgan fingerprint density at radius 3 is 2.42 bits per heavy atom. The molecule has 1 fully saturated rings. The molecule has 1 saturated heterocycles. The highest BCUT2D eigenvalue weighted by atomic mass is 32.2. The lowest BCUT2D eigenvalue weighted by molar-refractivity contribution is -0.133. The summed E-state index contributed by atoms with van der Waals surface area (Å²) in [5.41, 5.74) is 0.675. The molecule has 166 valence electrons. The molecular formula is C22H26FN3O4S. The minimum absolute atomic E-state index is 0.116. The van der Waals surface area contributed by atoms with E-state index < -0.39 is 27.4 Å². The van der Waals surface area contributed by atoms with E-state index in [1.807, 2.05) is 19.1 Å². The van der Waals surface area contributed by atoms with Gasteiger partial charge < -0.3 is 5.32 Å². The van der Waals surface area contributed by atoms with Crippen LogP contribution in [0.25, 0.3) is 0 Å². The number of carbonyl (C=O) groups is 2. The largest absolute Gasteiger partial charge is 0.350 e. The molecule has 7 nitrogen and oxygen atoms in total. The van der Waals surface area contributed by atoms with Gasteiger partial charge in [-0.05, 0) is 42.7 Å². The van der Waals surface area contributed by atoms with Gasteiger partial charge in [-0.25, -0.2) is 12.8 Å². The second-order valence-corrected chi connectivity index (χ2v) is 9.81. The van der Waals surface area contributed by atoms with Crippen molar-refractivity contribution >= 4 is 27.5 Å². The van der Waals surface area contributed by atoms with Crippen LogP contribution in [-0.2, 0) is 32.6 Å². The second kappa shape index (κ2) is 8.76. The molecule has 1 aliphatic rings. The Balaban J connectivity index is 1.98. The molecule has 0 aromatic heterocycles. The fraction of sp³-hybridized carbons (Fsp3) is 0.364. The van der Waals surface area contributed by atoms with Gasteiger partial charge in [-0.2, -0.15) is 4.31 Å². The van der Waals surface area contributed by atoms with E-state index >= 15 is 0 Å². The monoisotopic (exact) mass is 447 g/mol. The average molecular weight is 448 g/mol. The Morgan fingerprint density at radius 1 is 1.16 bits per heavy atom. The maximum Gasteiger partial charge on any atom is 0.247 e. The van der Waals surface area contributed by atoms with E-state index in [0.717, 1.165) is 16.1 Å². The topological polar surface area (TPSA) is 86.8 Å². The minimum Gasteiger partial charge on any atom is -0.350 e. The molecule has 0 radical (unpaired) electrons. The summed E-state index contributed by atoms with van der Waals surface area (Å²) in [6.07, 6.45) is 1.66. The molecule has 0 spiro atoms. The molecule has 2 aromatic rings. The van der Waals surface area contributed by atoms with Crippen LogP contribution < -0.4 is 10.2 Å². The Kier molecular flexibility index (Phi) is 6.47. The van der Waals surface area contributed by atoms with Gasteiger partial charge in [0.05, 0.1) is 12.8 Å². The summed E-state index contributed by atoms with van der Waals surface area (Å²) < 4.78 is 38.6. The van der Waals surface area contributed by atoms with Crippen LogP contribution in [0.5, 0.6) is 0 Å². The van der Waals surface area contributed by atoms with Crippen LogP contribution >= 0.6 is 0 Å². The first-order valence-corrected chi connectivity index (χ1v) is 11.8. The second-order valence-electron chi connectivity index (χ2n) is 7.83. The minimum atomic E-state index is -3.69. The van der Waals surface area contributed by atoms with Crippen LogP contribution in [0.2, 0.25) is 0 Å². The molecular weight excluding hydrogens is 421 g/mol. The molecule has 0 bridgehead atoms.